The van der Waals surface area contributed by atoms with Gasteiger partial charge in [0.25, 0.3) is 10.2 Å². The molecule has 230 valence electrons. The van der Waals surface area contributed by atoms with Crippen molar-refractivity contribution in [2.45, 2.75) is 37.3 Å². The molecule has 1 heterocycles. The molecule has 0 bridgehead atoms. The zero-order chi connectivity index (χ0) is 30.7. The van der Waals surface area contributed by atoms with Gasteiger partial charge in [-0.3, -0.25) is 4.79 Å². The van der Waals surface area contributed by atoms with E-state index in [2.05, 4.69) is 10.6 Å². The molecule has 8 nitrogen and oxygen atoms in total. The highest BCUT2D eigenvalue weighted by atomic mass is 32.2. The molecule has 2 aliphatic rings. The lowest BCUT2D eigenvalue weighted by Crippen LogP contribution is -2.57. The standard InChI is InChI=1S/C31H36F3N5O3S/c1-38(19-20-5-6-20)43(41,42)39-16-15-36-18-25(39)17-26-27(34)3-2-4-28(26)37-31(40)30(35)29(21-7-11-23(32)12-8-21)22-9-13-24(33)14-10-22/h2-4,7-14,20,25,29-30,36H,5-6,15-19,35H2,1H3,(H,37,40)/t25?,30-/m0/s1. The fourth-order valence-electron chi connectivity index (χ4n) is 5.59. The number of piperazine rings is 1. The topological polar surface area (TPSA) is 108 Å². The summed E-state index contributed by atoms with van der Waals surface area (Å²) < 4.78 is 72.4. The van der Waals surface area contributed by atoms with Gasteiger partial charge in [0.1, 0.15) is 17.5 Å². The lowest BCUT2D eigenvalue weighted by Gasteiger charge is -2.37. The summed E-state index contributed by atoms with van der Waals surface area (Å²) >= 11 is 0. The molecule has 1 unspecified atom stereocenters. The van der Waals surface area contributed by atoms with Crippen LogP contribution in [0.5, 0.6) is 0 Å². The minimum atomic E-state index is -3.78. The minimum absolute atomic E-state index is 0.0143. The Morgan fingerprint density at radius 3 is 2.21 bits per heavy atom. The summed E-state index contributed by atoms with van der Waals surface area (Å²) in [5.74, 6) is -2.54. The number of nitrogens with zero attached hydrogens (tertiary/aromatic N) is 2. The van der Waals surface area contributed by atoms with Gasteiger partial charge >= 0.3 is 0 Å². The number of carbonyl (C=O) groups is 1. The Morgan fingerprint density at radius 2 is 1.63 bits per heavy atom. The summed E-state index contributed by atoms with van der Waals surface area (Å²) in [6.45, 7) is 1.47. The van der Waals surface area contributed by atoms with Crippen molar-refractivity contribution in [1.82, 2.24) is 13.9 Å². The Kier molecular flexibility index (Phi) is 9.52. The number of anilines is 1. The molecular weight excluding hydrogens is 579 g/mol. The molecule has 1 saturated heterocycles. The normalized spacial score (nSPS) is 18.6. The minimum Gasteiger partial charge on any atom is -0.324 e. The van der Waals surface area contributed by atoms with Crippen LogP contribution in [0.25, 0.3) is 0 Å². The van der Waals surface area contributed by atoms with E-state index in [0.29, 0.717) is 36.7 Å². The molecule has 1 saturated carbocycles. The van der Waals surface area contributed by atoms with Gasteiger partial charge in [-0.2, -0.15) is 17.0 Å². The van der Waals surface area contributed by atoms with Crippen molar-refractivity contribution in [1.29, 1.82) is 0 Å². The van der Waals surface area contributed by atoms with Gasteiger partial charge in [0, 0.05) is 56.4 Å². The van der Waals surface area contributed by atoms with E-state index in [4.69, 9.17) is 5.73 Å². The molecule has 3 aromatic carbocycles. The van der Waals surface area contributed by atoms with E-state index in [1.54, 1.807) is 13.1 Å². The number of rotatable bonds is 11. The van der Waals surface area contributed by atoms with E-state index in [1.807, 2.05) is 0 Å². The number of nitrogens with one attached hydrogen (secondary N) is 2. The van der Waals surface area contributed by atoms with Gasteiger partial charge in [0.2, 0.25) is 5.91 Å². The van der Waals surface area contributed by atoms with Crippen LogP contribution >= 0.6 is 0 Å². The van der Waals surface area contributed by atoms with Crippen LogP contribution in [0.2, 0.25) is 0 Å². The van der Waals surface area contributed by atoms with Crippen molar-refractivity contribution in [3.63, 3.8) is 0 Å². The van der Waals surface area contributed by atoms with Crippen molar-refractivity contribution in [3.05, 3.63) is 101 Å². The number of benzene rings is 3. The molecule has 3 aromatic rings. The lowest BCUT2D eigenvalue weighted by atomic mass is 9.85. The number of carbonyl (C=O) groups excluding carboxylic acids is 1. The third-order valence-corrected chi connectivity index (χ3v) is 10.1. The molecule has 0 radical (unpaired) electrons. The predicted octanol–water partition coefficient (Wildman–Crippen LogP) is 3.60. The average molecular weight is 616 g/mol. The van der Waals surface area contributed by atoms with E-state index in [0.717, 1.165) is 12.8 Å². The Morgan fingerprint density at radius 1 is 1.02 bits per heavy atom. The molecule has 2 atom stereocenters. The molecule has 1 aliphatic carbocycles. The van der Waals surface area contributed by atoms with Gasteiger partial charge in [0.05, 0.1) is 6.04 Å². The molecule has 5 rings (SSSR count). The van der Waals surface area contributed by atoms with Gasteiger partial charge in [-0.1, -0.05) is 30.3 Å². The maximum Gasteiger partial charge on any atom is 0.282 e. The number of halogens is 3. The first kappa shape index (κ1) is 31.1. The third-order valence-electron chi connectivity index (χ3n) is 8.14. The van der Waals surface area contributed by atoms with Gasteiger partial charge in [-0.05, 0) is 72.7 Å². The highest BCUT2D eigenvalue weighted by molar-refractivity contribution is 7.86. The quantitative estimate of drug-likeness (QED) is 0.306. The summed E-state index contributed by atoms with van der Waals surface area (Å²) in [5, 5.41) is 5.94. The first-order valence-corrected chi connectivity index (χ1v) is 15.7. The summed E-state index contributed by atoms with van der Waals surface area (Å²) in [5.41, 5.74) is 7.89. The first-order valence-electron chi connectivity index (χ1n) is 14.3. The van der Waals surface area contributed by atoms with Crippen LogP contribution in [0.1, 0.15) is 35.4 Å². The Bertz CT molecular complexity index is 1490. The first-order chi connectivity index (χ1) is 20.5. The average Bonchev–Trinajstić information content (AvgIpc) is 3.81. The van der Waals surface area contributed by atoms with Gasteiger partial charge < -0.3 is 16.4 Å². The van der Waals surface area contributed by atoms with Crippen molar-refractivity contribution in [3.8, 4) is 0 Å². The van der Waals surface area contributed by atoms with Crippen LogP contribution < -0.4 is 16.4 Å². The van der Waals surface area contributed by atoms with E-state index in [1.165, 1.54) is 69.3 Å². The number of hydrogen-bond donors (Lipinski definition) is 3. The number of hydrogen-bond acceptors (Lipinski definition) is 5. The zero-order valence-electron chi connectivity index (χ0n) is 23.8. The Balaban J connectivity index is 1.39. The predicted molar refractivity (Wildman–Crippen MR) is 159 cm³/mol. The van der Waals surface area contributed by atoms with Crippen molar-refractivity contribution < 1.29 is 26.4 Å². The van der Waals surface area contributed by atoms with Gasteiger partial charge in [-0.15, -0.1) is 0 Å². The SMILES string of the molecule is CN(CC1CC1)S(=O)(=O)N1CCNCC1Cc1c(F)cccc1NC(=O)[C@@H](N)C(c1ccc(F)cc1)c1ccc(F)cc1. The van der Waals surface area contributed by atoms with E-state index >= 15 is 4.39 Å². The Hall–Kier alpha value is -3.29. The second-order valence-electron chi connectivity index (χ2n) is 11.3. The molecule has 12 heteroatoms. The van der Waals surface area contributed by atoms with Crippen LogP contribution in [0.3, 0.4) is 0 Å². The summed E-state index contributed by atoms with van der Waals surface area (Å²) in [4.78, 5) is 13.6. The summed E-state index contributed by atoms with van der Waals surface area (Å²) in [6.07, 6.45) is 2.03. The highest BCUT2D eigenvalue weighted by Crippen LogP contribution is 2.32. The van der Waals surface area contributed by atoms with Crippen LogP contribution in [0.4, 0.5) is 18.9 Å². The van der Waals surface area contributed by atoms with E-state index in [-0.39, 0.29) is 24.2 Å². The maximum absolute atomic E-state index is 15.3. The second-order valence-corrected chi connectivity index (χ2v) is 13.3. The van der Waals surface area contributed by atoms with Gasteiger partial charge in [0.15, 0.2) is 0 Å². The number of amides is 1. The monoisotopic (exact) mass is 615 g/mol. The lowest BCUT2D eigenvalue weighted by molar-refractivity contribution is -0.117. The highest BCUT2D eigenvalue weighted by Gasteiger charge is 2.38. The van der Waals surface area contributed by atoms with Crippen molar-refractivity contribution >= 4 is 21.8 Å². The largest absolute Gasteiger partial charge is 0.324 e. The zero-order valence-corrected chi connectivity index (χ0v) is 24.7. The van der Waals surface area contributed by atoms with Crippen molar-refractivity contribution in [2.24, 2.45) is 11.7 Å². The van der Waals surface area contributed by atoms with Crippen LogP contribution in [-0.2, 0) is 21.4 Å². The van der Waals surface area contributed by atoms with Crippen LogP contribution in [0.15, 0.2) is 66.7 Å². The van der Waals surface area contributed by atoms with Crippen LogP contribution in [-0.4, -0.2) is 68.2 Å². The molecular formula is C31H36F3N5O3S. The Labute approximate surface area is 250 Å². The smallest absolute Gasteiger partial charge is 0.282 e. The second kappa shape index (κ2) is 13.1. The molecule has 43 heavy (non-hydrogen) atoms. The molecule has 0 spiro atoms. The molecule has 1 aliphatic heterocycles. The van der Waals surface area contributed by atoms with E-state index in [9.17, 15) is 22.0 Å². The van der Waals surface area contributed by atoms with Crippen LogP contribution in [0, 0.1) is 23.4 Å². The van der Waals surface area contributed by atoms with Crippen molar-refractivity contribution in [2.75, 3.05) is 38.5 Å². The maximum atomic E-state index is 15.3. The van der Waals surface area contributed by atoms with Gasteiger partial charge in [-0.25, -0.2) is 13.2 Å². The summed E-state index contributed by atoms with van der Waals surface area (Å²) in [6, 6.07) is 13.5. The van der Waals surface area contributed by atoms with E-state index < -0.39 is 51.6 Å². The third kappa shape index (κ3) is 7.27. The molecule has 0 aromatic heterocycles. The molecule has 1 amide bonds. The number of nitrogens with two attached hydrogens (primary N) is 1. The fraction of sp³-hybridized carbons (Fsp3) is 0.387. The molecule has 4 N–H and O–H groups in total. The molecule has 2 fully saturated rings. The fourth-order valence-corrected chi connectivity index (χ4v) is 7.20. The summed E-state index contributed by atoms with van der Waals surface area (Å²) in [7, 11) is -2.21.